The molecule has 1 aliphatic rings. The summed E-state index contributed by atoms with van der Waals surface area (Å²) in [4.78, 5) is 2.72. The van der Waals surface area contributed by atoms with Gasteiger partial charge in [-0.25, -0.2) is 0 Å². The summed E-state index contributed by atoms with van der Waals surface area (Å²) in [6, 6.07) is 2.34. The molecule has 1 heterocycles. The molecule has 0 amide bonds. The van der Waals surface area contributed by atoms with Crippen molar-refractivity contribution in [1.29, 1.82) is 0 Å². The smallest absolute Gasteiger partial charge is 0.00988 e. The third-order valence-corrected chi connectivity index (χ3v) is 3.65. The number of hydrogen-bond acceptors (Lipinski definition) is 2. The van der Waals surface area contributed by atoms with Crippen LogP contribution in [0.2, 0.25) is 0 Å². The Morgan fingerprint density at radius 1 is 1.43 bits per heavy atom. The molecular formula is C12H26N2. The summed E-state index contributed by atoms with van der Waals surface area (Å²) in [7, 11) is 0. The highest BCUT2D eigenvalue weighted by molar-refractivity contribution is 4.87. The lowest BCUT2D eigenvalue weighted by atomic mass is 10.1. The third kappa shape index (κ3) is 2.71. The van der Waals surface area contributed by atoms with E-state index in [9.17, 15) is 0 Å². The summed E-state index contributed by atoms with van der Waals surface area (Å²) in [6.45, 7) is 7.88. The molecule has 0 spiro atoms. The van der Waals surface area contributed by atoms with Crippen molar-refractivity contribution in [2.75, 3.05) is 6.54 Å². The molecule has 0 bridgehead atoms. The van der Waals surface area contributed by atoms with Crippen LogP contribution in [0.4, 0.5) is 0 Å². The fourth-order valence-corrected chi connectivity index (χ4v) is 2.86. The molecule has 2 heteroatoms. The molecule has 0 aromatic heterocycles. The molecular weight excluding hydrogens is 172 g/mol. The lowest BCUT2D eigenvalue weighted by molar-refractivity contribution is 0.135. The molecule has 3 atom stereocenters. The molecule has 0 saturated carbocycles. The zero-order valence-electron chi connectivity index (χ0n) is 10.00. The van der Waals surface area contributed by atoms with Gasteiger partial charge in [0.2, 0.25) is 0 Å². The summed E-state index contributed by atoms with van der Waals surface area (Å²) in [5.41, 5.74) is 5.56. The molecule has 2 N–H and O–H groups in total. The van der Waals surface area contributed by atoms with Gasteiger partial charge < -0.3 is 5.73 Å². The van der Waals surface area contributed by atoms with Crippen molar-refractivity contribution < 1.29 is 0 Å². The maximum absolute atomic E-state index is 5.56. The van der Waals surface area contributed by atoms with Gasteiger partial charge in [-0.15, -0.1) is 0 Å². The molecule has 0 radical (unpaired) electrons. The van der Waals surface area contributed by atoms with Gasteiger partial charge in [-0.3, -0.25) is 4.90 Å². The van der Waals surface area contributed by atoms with Crippen molar-refractivity contribution in [1.82, 2.24) is 4.90 Å². The van der Waals surface area contributed by atoms with Crippen molar-refractivity contribution in [3.8, 4) is 0 Å². The van der Waals surface area contributed by atoms with Gasteiger partial charge in [-0.1, -0.05) is 6.92 Å². The van der Waals surface area contributed by atoms with Crippen LogP contribution < -0.4 is 5.73 Å². The Morgan fingerprint density at radius 2 is 2.14 bits per heavy atom. The van der Waals surface area contributed by atoms with Crippen molar-refractivity contribution in [3.63, 3.8) is 0 Å². The standard InChI is InChI=1S/C12H26N2/c1-4-12-8-7-11(3)14(12)10(2)6-5-9-13/h10-12H,4-9,13H2,1-3H3. The maximum Gasteiger partial charge on any atom is 0.00988 e. The molecule has 0 aromatic rings. The minimum atomic E-state index is 0.723. The minimum absolute atomic E-state index is 0.723. The highest BCUT2D eigenvalue weighted by Gasteiger charge is 2.32. The third-order valence-electron chi connectivity index (χ3n) is 3.65. The van der Waals surface area contributed by atoms with Crippen molar-refractivity contribution >= 4 is 0 Å². The van der Waals surface area contributed by atoms with E-state index < -0.39 is 0 Å². The van der Waals surface area contributed by atoms with Crippen LogP contribution in [-0.2, 0) is 0 Å². The number of likely N-dealkylation sites (tertiary alicyclic amines) is 1. The van der Waals surface area contributed by atoms with E-state index in [-0.39, 0.29) is 0 Å². The van der Waals surface area contributed by atoms with Gasteiger partial charge in [0.1, 0.15) is 0 Å². The zero-order valence-corrected chi connectivity index (χ0v) is 10.00. The zero-order chi connectivity index (χ0) is 10.6. The van der Waals surface area contributed by atoms with Crippen molar-refractivity contribution in [2.45, 2.75) is 71.0 Å². The number of nitrogens with two attached hydrogens (primary N) is 1. The second kappa shape index (κ2) is 5.72. The minimum Gasteiger partial charge on any atom is -0.330 e. The quantitative estimate of drug-likeness (QED) is 0.735. The van der Waals surface area contributed by atoms with E-state index in [1.54, 1.807) is 0 Å². The first-order chi connectivity index (χ1) is 6.70. The van der Waals surface area contributed by atoms with Crippen LogP contribution in [-0.4, -0.2) is 29.6 Å². The molecule has 3 unspecified atom stereocenters. The summed E-state index contributed by atoms with van der Waals surface area (Å²) >= 11 is 0. The lowest BCUT2D eigenvalue weighted by Crippen LogP contribution is -2.41. The largest absolute Gasteiger partial charge is 0.330 e. The molecule has 1 rings (SSSR count). The van der Waals surface area contributed by atoms with Crippen LogP contribution in [0.3, 0.4) is 0 Å². The number of rotatable bonds is 5. The predicted molar refractivity (Wildman–Crippen MR) is 62.4 cm³/mol. The lowest BCUT2D eigenvalue weighted by Gasteiger charge is -2.34. The molecule has 1 aliphatic heterocycles. The van der Waals surface area contributed by atoms with Gasteiger partial charge in [0.05, 0.1) is 0 Å². The average molecular weight is 198 g/mol. The summed E-state index contributed by atoms with van der Waals surface area (Å²) < 4.78 is 0. The van der Waals surface area contributed by atoms with Gasteiger partial charge in [-0.2, -0.15) is 0 Å². The fraction of sp³-hybridized carbons (Fsp3) is 1.00. The second-order valence-corrected chi connectivity index (χ2v) is 4.72. The van der Waals surface area contributed by atoms with E-state index in [2.05, 4.69) is 25.7 Å². The van der Waals surface area contributed by atoms with Gasteiger partial charge in [-0.05, 0) is 52.5 Å². The fourth-order valence-electron chi connectivity index (χ4n) is 2.86. The first-order valence-corrected chi connectivity index (χ1v) is 6.18. The second-order valence-electron chi connectivity index (χ2n) is 4.72. The summed E-state index contributed by atoms with van der Waals surface area (Å²) in [6.07, 6.45) is 6.51. The van der Waals surface area contributed by atoms with E-state index in [1.165, 1.54) is 32.1 Å². The van der Waals surface area contributed by atoms with Gasteiger partial charge in [0.15, 0.2) is 0 Å². The number of hydrogen-bond donors (Lipinski definition) is 1. The van der Waals surface area contributed by atoms with Gasteiger partial charge in [0.25, 0.3) is 0 Å². The first kappa shape index (κ1) is 12.0. The summed E-state index contributed by atoms with van der Waals surface area (Å²) in [5, 5.41) is 0. The number of nitrogens with zero attached hydrogens (tertiary/aromatic N) is 1. The Morgan fingerprint density at radius 3 is 2.71 bits per heavy atom. The van der Waals surface area contributed by atoms with E-state index >= 15 is 0 Å². The highest BCUT2D eigenvalue weighted by atomic mass is 15.2. The van der Waals surface area contributed by atoms with E-state index in [0.717, 1.165) is 24.7 Å². The van der Waals surface area contributed by atoms with Crippen LogP contribution in [0.15, 0.2) is 0 Å². The monoisotopic (exact) mass is 198 g/mol. The average Bonchev–Trinajstić information content (AvgIpc) is 2.56. The Hall–Kier alpha value is -0.0800. The molecule has 1 saturated heterocycles. The Kier molecular flexibility index (Phi) is 4.90. The normalized spacial score (nSPS) is 30.9. The molecule has 84 valence electrons. The van der Waals surface area contributed by atoms with Crippen LogP contribution in [0, 0.1) is 0 Å². The van der Waals surface area contributed by atoms with Crippen molar-refractivity contribution in [3.05, 3.63) is 0 Å². The Balaban J connectivity index is 2.45. The van der Waals surface area contributed by atoms with Gasteiger partial charge in [0, 0.05) is 18.1 Å². The van der Waals surface area contributed by atoms with Crippen molar-refractivity contribution in [2.24, 2.45) is 5.73 Å². The van der Waals surface area contributed by atoms with E-state index in [1.807, 2.05) is 0 Å². The van der Waals surface area contributed by atoms with Crippen LogP contribution >= 0.6 is 0 Å². The predicted octanol–water partition coefficient (Wildman–Crippen LogP) is 2.38. The molecule has 2 nitrogen and oxygen atoms in total. The van der Waals surface area contributed by atoms with E-state index in [4.69, 9.17) is 5.73 Å². The Labute approximate surface area is 88.8 Å². The Bertz CT molecular complexity index is 158. The first-order valence-electron chi connectivity index (χ1n) is 6.18. The molecule has 0 aliphatic carbocycles. The topological polar surface area (TPSA) is 29.3 Å². The molecule has 1 fully saturated rings. The molecule has 14 heavy (non-hydrogen) atoms. The molecule has 0 aromatic carbocycles. The highest BCUT2D eigenvalue weighted by Crippen LogP contribution is 2.29. The van der Waals surface area contributed by atoms with Crippen LogP contribution in [0.5, 0.6) is 0 Å². The SMILES string of the molecule is CCC1CCC(C)N1C(C)CCCN. The van der Waals surface area contributed by atoms with E-state index in [0.29, 0.717) is 0 Å². The van der Waals surface area contributed by atoms with Crippen LogP contribution in [0.25, 0.3) is 0 Å². The maximum atomic E-state index is 5.56. The van der Waals surface area contributed by atoms with Gasteiger partial charge >= 0.3 is 0 Å². The summed E-state index contributed by atoms with van der Waals surface area (Å²) in [5.74, 6) is 0. The van der Waals surface area contributed by atoms with Crippen LogP contribution in [0.1, 0.15) is 52.9 Å².